The van der Waals surface area contributed by atoms with E-state index in [4.69, 9.17) is 10.4 Å². The number of rotatable bonds is 16. The molecule has 4 heteroatoms. The van der Waals surface area contributed by atoms with Gasteiger partial charge in [-0.2, -0.15) is 0 Å². The second-order valence-corrected chi connectivity index (χ2v) is 5.22. The number of unbranched alkanes of at least 4 members (excludes halogenated alkanes) is 12. The van der Waals surface area contributed by atoms with Gasteiger partial charge in [0.1, 0.15) is 0 Å². The molecule has 0 rings (SSSR count). The Kier molecular flexibility index (Phi) is 17.7. The van der Waals surface area contributed by atoms with E-state index >= 15 is 0 Å². The molecule has 0 aliphatic rings. The van der Waals surface area contributed by atoms with E-state index < -0.39 is 0 Å². The van der Waals surface area contributed by atoms with E-state index in [1.807, 2.05) is 0 Å². The van der Waals surface area contributed by atoms with Gasteiger partial charge in [-0.05, 0) is 12.8 Å². The molecule has 0 unspecified atom stereocenters. The van der Waals surface area contributed by atoms with Crippen molar-refractivity contribution in [3.05, 3.63) is 0 Å². The predicted molar refractivity (Wildman–Crippen MR) is 76.8 cm³/mol. The molecular formula is C15H32O4. The van der Waals surface area contributed by atoms with Crippen LogP contribution in [0.3, 0.4) is 0 Å². The number of hydrogen-bond donors (Lipinski definition) is 2. The maximum atomic E-state index is 8.65. The van der Waals surface area contributed by atoms with Gasteiger partial charge in [-0.1, -0.05) is 75.7 Å². The van der Waals surface area contributed by atoms with Crippen LogP contribution in [0.4, 0.5) is 0 Å². The van der Waals surface area contributed by atoms with Crippen LogP contribution in [0.1, 0.15) is 83.5 Å². The van der Waals surface area contributed by atoms with Crippen molar-refractivity contribution >= 4 is 0 Å². The fourth-order valence-electron chi connectivity index (χ4n) is 2.25. The summed E-state index contributed by atoms with van der Waals surface area (Å²) in [6, 6.07) is 0. The van der Waals surface area contributed by atoms with Crippen molar-refractivity contribution in [2.75, 3.05) is 13.2 Å². The third-order valence-electron chi connectivity index (χ3n) is 3.44. The molecule has 0 heterocycles. The minimum atomic E-state index is 0.346. The quantitative estimate of drug-likeness (QED) is 0.248. The minimum Gasteiger partial charge on any atom is -0.396 e. The fourth-order valence-corrected chi connectivity index (χ4v) is 2.25. The van der Waals surface area contributed by atoms with E-state index in [-0.39, 0.29) is 0 Å². The van der Waals surface area contributed by atoms with Crippen LogP contribution in [0.15, 0.2) is 0 Å². The molecule has 0 amide bonds. The Hall–Kier alpha value is -0.160. The summed E-state index contributed by atoms with van der Waals surface area (Å²) in [5, 5.41) is 20.1. The van der Waals surface area contributed by atoms with Gasteiger partial charge in [0.2, 0.25) is 0 Å². The molecule has 0 atom stereocenters. The van der Waals surface area contributed by atoms with Crippen LogP contribution >= 0.6 is 0 Å². The molecular weight excluding hydrogens is 244 g/mol. The predicted octanol–water partition coefficient (Wildman–Crippen LogP) is 4.47. The normalized spacial score (nSPS) is 11.1. The topological polar surface area (TPSA) is 58.9 Å². The van der Waals surface area contributed by atoms with Crippen molar-refractivity contribution in [3.63, 3.8) is 0 Å². The summed E-state index contributed by atoms with van der Waals surface area (Å²) >= 11 is 0. The highest BCUT2D eigenvalue weighted by Gasteiger charge is 1.94. The lowest BCUT2D eigenvalue weighted by Gasteiger charge is -2.03. The molecule has 19 heavy (non-hydrogen) atoms. The zero-order valence-corrected chi connectivity index (χ0v) is 12.3. The molecule has 0 bridgehead atoms. The second kappa shape index (κ2) is 17.8. The number of aliphatic hydroxyl groups excluding tert-OH is 1. The lowest BCUT2D eigenvalue weighted by Crippen LogP contribution is -1.92. The van der Waals surface area contributed by atoms with Gasteiger partial charge in [-0.15, -0.1) is 0 Å². The van der Waals surface area contributed by atoms with Gasteiger partial charge in [0.25, 0.3) is 0 Å². The molecule has 0 fully saturated rings. The molecule has 4 nitrogen and oxygen atoms in total. The lowest BCUT2D eigenvalue weighted by atomic mass is 10.0. The summed E-state index contributed by atoms with van der Waals surface area (Å²) in [6.45, 7) is 0.825. The first-order chi connectivity index (χ1) is 9.41. The average Bonchev–Trinajstić information content (AvgIpc) is 2.43. The van der Waals surface area contributed by atoms with E-state index in [0.29, 0.717) is 13.2 Å². The maximum absolute atomic E-state index is 8.65. The van der Waals surface area contributed by atoms with Crippen LogP contribution in [0, 0.1) is 0 Å². The first-order valence-corrected chi connectivity index (χ1v) is 7.95. The fraction of sp³-hybridized carbons (Fsp3) is 1.00. The summed E-state index contributed by atoms with van der Waals surface area (Å²) in [4.78, 5) is 4.38. The van der Waals surface area contributed by atoms with Crippen molar-refractivity contribution in [3.8, 4) is 0 Å². The third-order valence-corrected chi connectivity index (χ3v) is 3.44. The Morgan fingerprint density at radius 2 is 0.895 bits per heavy atom. The van der Waals surface area contributed by atoms with Crippen LogP contribution in [0.25, 0.3) is 0 Å². The van der Waals surface area contributed by atoms with E-state index in [0.717, 1.165) is 19.3 Å². The summed E-state index contributed by atoms with van der Waals surface area (Å²) in [6.07, 6.45) is 16.2. The van der Waals surface area contributed by atoms with Crippen LogP contribution in [0.5, 0.6) is 0 Å². The lowest BCUT2D eigenvalue weighted by molar-refractivity contribution is -0.490. The highest BCUT2D eigenvalue weighted by atomic mass is 17.5. The summed E-state index contributed by atoms with van der Waals surface area (Å²) < 4.78 is 0. The molecule has 0 aromatic rings. The van der Waals surface area contributed by atoms with Crippen molar-refractivity contribution in [1.82, 2.24) is 0 Å². The molecule has 116 valence electrons. The highest BCUT2D eigenvalue weighted by molar-refractivity contribution is 4.49. The van der Waals surface area contributed by atoms with Gasteiger partial charge >= 0.3 is 0 Å². The second-order valence-electron chi connectivity index (χ2n) is 5.22. The molecule has 0 spiro atoms. The van der Waals surface area contributed by atoms with E-state index in [1.165, 1.54) is 64.2 Å². The van der Waals surface area contributed by atoms with Crippen molar-refractivity contribution in [2.45, 2.75) is 83.5 Å². The SMILES string of the molecule is OCCCCCCCCCCCCCCCOOO. The number of hydrogen-bond acceptors (Lipinski definition) is 4. The Morgan fingerprint density at radius 1 is 0.526 bits per heavy atom. The zero-order valence-electron chi connectivity index (χ0n) is 12.3. The van der Waals surface area contributed by atoms with Gasteiger partial charge in [0.15, 0.2) is 0 Å². The molecule has 0 radical (unpaired) electrons. The first kappa shape index (κ1) is 18.8. The van der Waals surface area contributed by atoms with Crippen LogP contribution in [0.2, 0.25) is 0 Å². The van der Waals surface area contributed by atoms with Crippen molar-refractivity contribution in [2.24, 2.45) is 0 Å². The van der Waals surface area contributed by atoms with Crippen LogP contribution < -0.4 is 0 Å². The smallest absolute Gasteiger partial charge is 0.0853 e. The maximum Gasteiger partial charge on any atom is 0.0853 e. The Labute approximate surface area is 118 Å². The van der Waals surface area contributed by atoms with E-state index in [9.17, 15) is 0 Å². The monoisotopic (exact) mass is 276 g/mol. The molecule has 0 aliphatic heterocycles. The molecule has 0 aromatic heterocycles. The van der Waals surface area contributed by atoms with E-state index in [2.05, 4.69) is 9.93 Å². The highest BCUT2D eigenvalue weighted by Crippen LogP contribution is 2.12. The molecule has 0 aromatic carbocycles. The number of aliphatic hydroxyl groups is 1. The molecule has 0 saturated carbocycles. The molecule has 0 saturated heterocycles. The average molecular weight is 276 g/mol. The Balaban J connectivity index is 2.88. The van der Waals surface area contributed by atoms with Crippen molar-refractivity contribution in [1.29, 1.82) is 0 Å². The zero-order chi connectivity index (χ0) is 14.0. The molecule has 0 aliphatic carbocycles. The Bertz CT molecular complexity index is 137. The van der Waals surface area contributed by atoms with Gasteiger partial charge in [0.05, 0.1) is 6.61 Å². The third kappa shape index (κ3) is 17.8. The van der Waals surface area contributed by atoms with Gasteiger partial charge in [-0.25, -0.2) is 10.1 Å². The van der Waals surface area contributed by atoms with Gasteiger partial charge in [-0.3, -0.25) is 0 Å². The van der Waals surface area contributed by atoms with Gasteiger partial charge < -0.3 is 5.11 Å². The summed E-state index contributed by atoms with van der Waals surface area (Å²) in [5.41, 5.74) is 0. The Morgan fingerprint density at radius 3 is 1.26 bits per heavy atom. The largest absolute Gasteiger partial charge is 0.396 e. The van der Waals surface area contributed by atoms with E-state index in [1.54, 1.807) is 0 Å². The minimum absolute atomic E-state index is 0.346. The van der Waals surface area contributed by atoms with Crippen LogP contribution in [-0.2, 0) is 9.93 Å². The summed E-state index contributed by atoms with van der Waals surface area (Å²) in [7, 11) is 0. The molecule has 2 N–H and O–H groups in total. The van der Waals surface area contributed by atoms with Crippen LogP contribution in [-0.4, -0.2) is 23.6 Å². The first-order valence-electron chi connectivity index (χ1n) is 7.95. The summed E-state index contributed by atoms with van der Waals surface area (Å²) in [5.74, 6) is 0. The van der Waals surface area contributed by atoms with Gasteiger partial charge in [0, 0.05) is 6.61 Å². The van der Waals surface area contributed by atoms with Crippen molar-refractivity contribution < 1.29 is 20.3 Å². The standard InChI is InChI=1S/C15H32O4/c16-14-12-10-8-6-4-2-1-3-5-7-9-11-13-15-18-19-17/h16-17H,1-15H2.